The molecular formula is C12H14N2O3S. The quantitative estimate of drug-likeness (QED) is 0.838. The van der Waals surface area contributed by atoms with Gasteiger partial charge in [-0.2, -0.15) is 0 Å². The second-order valence-electron chi connectivity index (χ2n) is 3.82. The number of aliphatic carboxylic acids is 1. The van der Waals surface area contributed by atoms with E-state index >= 15 is 0 Å². The van der Waals surface area contributed by atoms with Gasteiger partial charge >= 0.3 is 5.97 Å². The van der Waals surface area contributed by atoms with Gasteiger partial charge in [-0.05, 0) is 12.1 Å². The van der Waals surface area contributed by atoms with E-state index in [2.05, 4.69) is 10.3 Å². The summed E-state index contributed by atoms with van der Waals surface area (Å²) in [6.45, 7) is 0.433. The lowest BCUT2D eigenvalue weighted by Gasteiger charge is -2.12. The summed E-state index contributed by atoms with van der Waals surface area (Å²) in [4.78, 5) is 15.0. The molecule has 2 aromatic rings. The third kappa shape index (κ3) is 3.18. The highest BCUT2D eigenvalue weighted by molar-refractivity contribution is 7.22. The van der Waals surface area contributed by atoms with Crippen molar-refractivity contribution in [1.29, 1.82) is 0 Å². The molecule has 0 aliphatic heterocycles. The Morgan fingerprint density at radius 1 is 1.56 bits per heavy atom. The molecule has 2 rings (SSSR count). The minimum Gasteiger partial charge on any atom is -0.481 e. The van der Waals surface area contributed by atoms with Crippen LogP contribution >= 0.6 is 11.3 Å². The van der Waals surface area contributed by atoms with E-state index in [-0.39, 0.29) is 12.5 Å². The molecule has 0 spiro atoms. The predicted octanol–water partition coefficient (Wildman–Crippen LogP) is 2.20. The second kappa shape index (κ2) is 5.79. The summed E-state index contributed by atoms with van der Waals surface area (Å²) in [7, 11) is 1.51. The number of hydrogen-bond donors (Lipinski definition) is 2. The van der Waals surface area contributed by atoms with Crippen LogP contribution in [0.5, 0.6) is 0 Å². The van der Waals surface area contributed by atoms with E-state index in [0.717, 1.165) is 15.3 Å². The van der Waals surface area contributed by atoms with Gasteiger partial charge in [0.2, 0.25) is 0 Å². The largest absolute Gasteiger partial charge is 0.481 e. The number of anilines is 1. The Balaban J connectivity index is 1.98. The van der Waals surface area contributed by atoms with Crippen molar-refractivity contribution in [2.45, 2.75) is 12.5 Å². The lowest BCUT2D eigenvalue weighted by atomic mass is 10.2. The van der Waals surface area contributed by atoms with Crippen LogP contribution in [0.15, 0.2) is 24.3 Å². The first-order valence-corrected chi connectivity index (χ1v) is 6.34. The topological polar surface area (TPSA) is 71.5 Å². The number of benzene rings is 1. The van der Waals surface area contributed by atoms with Crippen LogP contribution in [0.25, 0.3) is 10.2 Å². The van der Waals surface area contributed by atoms with Crippen LogP contribution in [0.4, 0.5) is 5.13 Å². The van der Waals surface area contributed by atoms with Gasteiger partial charge in [0.05, 0.1) is 22.7 Å². The molecule has 1 aromatic heterocycles. The maximum absolute atomic E-state index is 10.6. The second-order valence-corrected chi connectivity index (χ2v) is 4.85. The number of carbonyl (C=O) groups is 1. The number of para-hydroxylation sites is 1. The van der Waals surface area contributed by atoms with Gasteiger partial charge in [-0.1, -0.05) is 23.5 Å². The summed E-state index contributed by atoms with van der Waals surface area (Å²) in [6.07, 6.45) is -0.372. The number of hydrogen-bond acceptors (Lipinski definition) is 5. The number of thiazole rings is 1. The molecule has 96 valence electrons. The molecule has 0 amide bonds. The minimum atomic E-state index is -0.868. The average Bonchev–Trinajstić information content (AvgIpc) is 2.76. The van der Waals surface area contributed by atoms with E-state index in [0.29, 0.717) is 6.54 Å². The maximum atomic E-state index is 10.6. The Labute approximate surface area is 108 Å². The molecule has 1 atom stereocenters. The summed E-state index contributed by atoms with van der Waals surface area (Å²) in [5.41, 5.74) is 0.942. The van der Waals surface area contributed by atoms with Gasteiger partial charge < -0.3 is 15.2 Å². The molecule has 0 fully saturated rings. The molecule has 1 unspecified atom stereocenters. The molecular weight excluding hydrogens is 252 g/mol. The van der Waals surface area contributed by atoms with Gasteiger partial charge in [0.1, 0.15) is 0 Å². The third-order valence-corrected chi connectivity index (χ3v) is 3.50. The fourth-order valence-electron chi connectivity index (χ4n) is 1.58. The van der Waals surface area contributed by atoms with Crippen molar-refractivity contribution in [3.63, 3.8) is 0 Å². The van der Waals surface area contributed by atoms with Crippen LogP contribution < -0.4 is 5.32 Å². The van der Waals surface area contributed by atoms with Gasteiger partial charge in [-0.15, -0.1) is 0 Å². The van der Waals surface area contributed by atoms with Crippen molar-refractivity contribution >= 4 is 32.7 Å². The highest BCUT2D eigenvalue weighted by Crippen LogP contribution is 2.25. The molecule has 1 heterocycles. The maximum Gasteiger partial charge on any atom is 0.306 e. The molecule has 2 N–H and O–H groups in total. The summed E-state index contributed by atoms with van der Waals surface area (Å²) in [6, 6.07) is 7.85. The standard InChI is InChI=1S/C12H14N2O3S/c1-17-8(6-11(15)16)7-13-12-14-9-4-2-3-5-10(9)18-12/h2-5,8H,6-7H2,1H3,(H,13,14)(H,15,16). The lowest BCUT2D eigenvalue weighted by Crippen LogP contribution is -2.24. The molecule has 18 heavy (non-hydrogen) atoms. The van der Waals surface area contributed by atoms with Crippen LogP contribution in [-0.4, -0.2) is 35.8 Å². The molecule has 5 nitrogen and oxygen atoms in total. The fourth-order valence-corrected chi connectivity index (χ4v) is 2.46. The predicted molar refractivity (Wildman–Crippen MR) is 71.2 cm³/mol. The molecule has 0 aliphatic rings. The van der Waals surface area contributed by atoms with E-state index in [1.54, 1.807) is 11.3 Å². The lowest BCUT2D eigenvalue weighted by molar-refractivity contribution is -0.139. The molecule has 0 radical (unpaired) electrons. The molecule has 0 saturated heterocycles. The van der Waals surface area contributed by atoms with Crippen molar-refractivity contribution in [3.8, 4) is 0 Å². The average molecular weight is 266 g/mol. The third-order valence-electron chi connectivity index (χ3n) is 2.51. The van der Waals surface area contributed by atoms with Crippen molar-refractivity contribution in [2.24, 2.45) is 0 Å². The van der Waals surface area contributed by atoms with Crippen molar-refractivity contribution in [1.82, 2.24) is 4.98 Å². The fraction of sp³-hybridized carbons (Fsp3) is 0.333. The van der Waals surface area contributed by atoms with E-state index in [1.807, 2.05) is 24.3 Å². The monoisotopic (exact) mass is 266 g/mol. The smallest absolute Gasteiger partial charge is 0.306 e. The summed E-state index contributed by atoms with van der Waals surface area (Å²) < 4.78 is 6.19. The zero-order valence-corrected chi connectivity index (χ0v) is 10.7. The Morgan fingerprint density at radius 3 is 3.00 bits per heavy atom. The van der Waals surface area contributed by atoms with Crippen LogP contribution in [0.3, 0.4) is 0 Å². The Hall–Kier alpha value is -1.66. The van der Waals surface area contributed by atoms with Gasteiger partial charge in [0, 0.05) is 13.7 Å². The van der Waals surface area contributed by atoms with Crippen molar-refractivity contribution in [3.05, 3.63) is 24.3 Å². The summed E-state index contributed by atoms with van der Waals surface area (Å²) in [5, 5.41) is 12.6. The first kappa shape index (κ1) is 12.8. The zero-order valence-electron chi connectivity index (χ0n) is 9.92. The number of nitrogens with one attached hydrogen (secondary N) is 1. The Bertz CT molecular complexity index is 508. The Kier molecular flexibility index (Phi) is 4.11. The van der Waals surface area contributed by atoms with E-state index in [4.69, 9.17) is 9.84 Å². The van der Waals surface area contributed by atoms with Crippen molar-refractivity contribution < 1.29 is 14.6 Å². The van der Waals surface area contributed by atoms with Gasteiger partial charge in [-0.3, -0.25) is 4.79 Å². The van der Waals surface area contributed by atoms with Crippen molar-refractivity contribution in [2.75, 3.05) is 19.0 Å². The Morgan fingerprint density at radius 2 is 2.33 bits per heavy atom. The number of ether oxygens (including phenoxy) is 1. The number of aromatic nitrogens is 1. The van der Waals surface area contributed by atoms with Crippen LogP contribution in [0.1, 0.15) is 6.42 Å². The van der Waals surface area contributed by atoms with Gasteiger partial charge in [-0.25, -0.2) is 4.98 Å². The highest BCUT2D eigenvalue weighted by Gasteiger charge is 2.12. The number of fused-ring (bicyclic) bond motifs is 1. The highest BCUT2D eigenvalue weighted by atomic mass is 32.1. The molecule has 1 aromatic carbocycles. The summed E-state index contributed by atoms with van der Waals surface area (Å²) >= 11 is 1.54. The van der Waals surface area contributed by atoms with Crippen LogP contribution in [0.2, 0.25) is 0 Å². The molecule has 6 heteroatoms. The van der Waals surface area contributed by atoms with Gasteiger partial charge in [0.15, 0.2) is 5.13 Å². The van der Waals surface area contributed by atoms with E-state index < -0.39 is 5.97 Å². The van der Waals surface area contributed by atoms with Crippen LogP contribution in [0, 0.1) is 0 Å². The number of nitrogens with zero attached hydrogens (tertiary/aromatic N) is 1. The SMILES string of the molecule is COC(CNc1nc2ccccc2s1)CC(=O)O. The van der Waals surface area contributed by atoms with E-state index in [9.17, 15) is 4.79 Å². The molecule has 0 aliphatic carbocycles. The zero-order chi connectivity index (χ0) is 13.0. The number of carboxylic acids is 1. The number of methoxy groups -OCH3 is 1. The molecule has 0 bridgehead atoms. The molecule has 0 saturated carbocycles. The minimum absolute atomic E-state index is 0.0194. The first-order valence-electron chi connectivity index (χ1n) is 5.53. The normalized spacial score (nSPS) is 12.5. The van der Waals surface area contributed by atoms with E-state index in [1.165, 1.54) is 7.11 Å². The summed E-state index contributed by atoms with van der Waals surface area (Å²) in [5.74, 6) is -0.868. The number of rotatable bonds is 6. The van der Waals surface area contributed by atoms with Gasteiger partial charge in [0.25, 0.3) is 0 Å². The van der Waals surface area contributed by atoms with Crippen LogP contribution in [-0.2, 0) is 9.53 Å². The number of carboxylic acid groups (broad SMARTS) is 1. The first-order chi connectivity index (χ1) is 8.69.